The lowest BCUT2D eigenvalue weighted by Gasteiger charge is -2.09. The molecule has 1 aromatic rings. The van der Waals surface area contributed by atoms with Crippen LogP contribution >= 0.6 is 0 Å². The lowest BCUT2D eigenvalue weighted by Crippen LogP contribution is -2.37. The van der Waals surface area contributed by atoms with Crippen LogP contribution in [0, 0.1) is 10.1 Å². The van der Waals surface area contributed by atoms with E-state index >= 15 is 0 Å². The number of sulfonamides is 1. The fourth-order valence-electron chi connectivity index (χ4n) is 1.42. The number of rotatable bonds is 7. The molecular formula is C9H14N6O5S. The summed E-state index contributed by atoms with van der Waals surface area (Å²) in [5.74, 6) is 5.15. The zero-order valence-electron chi connectivity index (χ0n) is 10.7. The molecule has 0 aromatic heterocycles. The summed E-state index contributed by atoms with van der Waals surface area (Å²) in [5, 5.41) is 13.1. The normalized spacial score (nSPS) is 10.9. The molecule has 2 amide bonds. The number of nitrogens with one attached hydrogen (secondary N) is 3. The number of nitrogens with two attached hydrogens (primary N) is 2. The van der Waals surface area contributed by atoms with E-state index in [9.17, 15) is 23.3 Å². The van der Waals surface area contributed by atoms with Crippen LogP contribution in [-0.4, -0.2) is 32.5 Å². The lowest BCUT2D eigenvalue weighted by atomic mass is 10.3. The largest absolute Gasteiger partial charge is 0.352 e. The second kappa shape index (κ2) is 6.83. The highest BCUT2D eigenvalue weighted by Crippen LogP contribution is 2.26. The quantitative estimate of drug-likeness (QED) is 0.181. The number of anilines is 1. The summed E-state index contributed by atoms with van der Waals surface area (Å²) in [6.45, 7) is -0.236. The number of hydrogen-bond donors (Lipinski definition) is 5. The second-order valence-corrected chi connectivity index (χ2v) is 5.51. The van der Waals surface area contributed by atoms with Crippen molar-refractivity contribution in [1.29, 1.82) is 0 Å². The van der Waals surface area contributed by atoms with E-state index in [1.165, 1.54) is 6.07 Å². The zero-order chi connectivity index (χ0) is 16.0. The van der Waals surface area contributed by atoms with Gasteiger partial charge in [-0.2, -0.15) is 0 Å². The monoisotopic (exact) mass is 318 g/mol. The molecule has 0 aliphatic carbocycles. The maximum atomic E-state index is 12.0. The number of urea groups is 1. The number of hydrogen-bond acceptors (Lipinski definition) is 7. The predicted molar refractivity (Wildman–Crippen MR) is 73.7 cm³/mol. The van der Waals surface area contributed by atoms with Crippen molar-refractivity contribution in [3.63, 3.8) is 0 Å². The molecular weight excluding hydrogens is 304 g/mol. The molecule has 0 fully saturated rings. The molecule has 0 aliphatic heterocycles. The maximum Gasteiger partial charge on any atom is 0.312 e. The van der Waals surface area contributed by atoms with Gasteiger partial charge in [0.2, 0.25) is 10.0 Å². The third kappa shape index (κ3) is 4.55. The van der Waals surface area contributed by atoms with Crippen molar-refractivity contribution in [3.8, 4) is 0 Å². The van der Waals surface area contributed by atoms with Crippen molar-refractivity contribution in [1.82, 2.24) is 10.0 Å². The van der Waals surface area contributed by atoms with Gasteiger partial charge in [0.25, 0.3) is 5.69 Å². The first-order chi connectivity index (χ1) is 9.77. The van der Waals surface area contributed by atoms with Crippen LogP contribution in [0.5, 0.6) is 0 Å². The molecule has 11 nitrogen and oxygen atoms in total. The molecule has 21 heavy (non-hydrogen) atoms. The van der Waals surface area contributed by atoms with Crippen LogP contribution in [-0.2, 0) is 10.0 Å². The summed E-state index contributed by atoms with van der Waals surface area (Å²) < 4.78 is 26.2. The minimum atomic E-state index is -4.15. The summed E-state index contributed by atoms with van der Waals surface area (Å²) in [7, 11) is -4.15. The Hall–Kier alpha value is -2.44. The van der Waals surface area contributed by atoms with Crippen molar-refractivity contribution in [2.75, 3.05) is 18.5 Å². The number of hydrazine groups is 1. The van der Waals surface area contributed by atoms with Gasteiger partial charge < -0.3 is 16.5 Å². The average molecular weight is 318 g/mol. The lowest BCUT2D eigenvalue weighted by molar-refractivity contribution is -0.387. The van der Waals surface area contributed by atoms with Gasteiger partial charge in [-0.15, -0.1) is 0 Å². The van der Waals surface area contributed by atoms with Crippen LogP contribution in [0.3, 0.4) is 0 Å². The van der Waals surface area contributed by atoms with Crippen molar-refractivity contribution in [2.45, 2.75) is 4.90 Å². The Labute approximate surface area is 119 Å². The Morgan fingerprint density at radius 2 is 2.00 bits per heavy atom. The van der Waals surface area contributed by atoms with E-state index in [1.54, 1.807) is 0 Å². The number of primary amides is 1. The Balaban J connectivity index is 3.00. The first-order valence-corrected chi connectivity index (χ1v) is 7.04. The van der Waals surface area contributed by atoms with Crippen LogP contribution in [0.2, 0.25) is 0 Å². The maximum absolute atomic E-state index is 12.0. The summed E-state index contributed by atoms with van der Waals surface area (Å²) in [6, 6.07) is 2.51. The summed E-state index contributed by atoms with van der Waals surface area (Å²) in [6.07, 6.45) is 0. The highest BCUT2D eigenvalue weighted by Gasteiger charge is 2.25. The van der Waals surface area contributed by atoms with E-state index in [-0.39, 0.29) is 18.8 Å². The molecule has 0 radical (unpaired) electrons. The standard InChI is InChI=1S/C9H14N6O5S/c10-9(16)12-3-4-13-21(19,20)8-5-6(14-11)1-2-7(8)15(17)18/h1-2,5,13-14H,3-4,11H2,(H3,10,12,16). The topological polar surface area (TPSA) is 182 Å². The van der Waals surface area contributed by atoms with Gasteiger partial charge in [-0.3, -0.25) is 16.0 Å². The number of benzene rings is 1. The van der Waals surface area contributed by atoms with Crippen LogP contribution < -0.4 is 27.0 Å². The van der Waals surface area contributed by atoms with Gasteiger partial charge in [-0.25, -0.2) is 17.9 Å². The van der Waals surface area contributed by atoms with Gasteiger partial charge in [-0.1, -0.05) is 0 Å². The van der Waals surface area contributed by atoms with Gasteiger partial charge in [-0.05, 0) is 12.1 Å². The van der Waals surface area contributed by atoms with Gasteiger partial charge in [0.1, 0.15) is 0 Å². The number of nitrogens with zero attached hydrogens (tertiary/aromatic N) is 1. The summed E-state index contributed by atoms with van der Waals surface area (Å²) in [5.41, 5.74) is 6.61. The van der Waals surface area contributed by atoms with Crippen molar-refractivity contribution < 1.29 is 18.1 Å². The molecule has 116 valence electrons. The molecule has 0 saturated carbocycles. The zero-order valence-corrected chi connectivity index (χ0v) is 11.5. The summed E-state index contributed by atoms with van der Waals surface area (Å²) >= 11 is 0. The van der Waals surface area contributed by atoms with Gasteiger partial charge >= 0.3 is 6.03 Å². The minimum absolute atomic E-state index is 0.0583. The molecule has 0 heterocycles. The molecule has 1 rings (SSSR count). The number of carbonyl (C=O) groups is 1. The van der Waals surface area contributed by atoms with Crippen molar-refractivity contribution >= 4 is 27.4 Å². The number of carbonyl (C=O) groups excluding carboxylic acids is 1. The number of nitro groups is 1. The molecule has 12 heteroatoms. The molecule has 0 atom stereocenters. The SMILES string of the molecule is NNc1ccc([N+](=O)[O-])c(S(=O)(=O)NCCNC(N)=O)c1. The highest BCUT2D eigenvalue weighted by atomic mass is 32.2. The Kier molecular flexibility index (Phi) is 5.40. The Morgan fingerprint density at radius 1 is 1.33 bits per heavy atom. The molecule has 7 N–H and O–H groups in total. The van der Waals surface area contributed by atoms with Gasteiger partial charge in [0, 0.05) is 19.2 Å². The van der Waals surface area contributed by atoms with Crippen LogP contribution in [0.25, 0.3) is 0 Å². The molecule has 0 saturated heterocycles. The van der Waals surface area contributed by atoms with Gasteiger partial charge in [0.15, 0.2) is 4.90 Å². The van der Waals surface area contributed by atoms with Crippen LogP contribution in [0.15, 0.2) is 23.1 Å². The fourth-order valence-corrected chi connectivity index (χ4v) is 2.65. The summed E-state index contributed by atoms with van der Waals surface area (Å²) in [4.78, 5) is 20.0. The van der Waals surface area contributed by atoms with Gasteiger partial charge in [0.05, 0.1) is 10.6 Å². The average Bonchev–Trinajstić information content (AvgIpc) is 2.42. The van der Waals surface area contributed by atoms with E-state index in [0.29, 0.717) is 0 Å². The molecule has 1 aromatic carbocycles. The van der Waals surface area contributed by atoms with E-state index in [1.807, 2.05) is 0 Å². The number of amides is 2. The number of nitrogen functional groups attached to an aromatic ring is 1. The Morgan fingerprint density at radius 3 is 2.52 bits per heavy atom. The number of nitro benzene ring substituents is 1. The molecule has 0 spiro atoms. The Bertz CT molecular complexity index is 646. The van der Waals surface area contributed by atoms with E-state index in [0.717, 1.165) is 12.1 Å². The van der Waals surface area contributed by atoms with E-state index < -0.39 is 31.6 Å². The fraction of sp³-hybridized carbons (Fsp3) is 0.222. The van der Waals surface area contributed by atoms with Crippen molar-refractivity contribution in [3.05, 3.63) is 28.3 Å². The van der Waals surface area contributed by atoms with Crippen LogP contribution in [0.1, 0.15) is 0 Å². The molecule has 0 bridgehead atoms. The van der Waals surface area contributed by atoms with E-state index in [4.69, 9.17) is 11.6 Å². The first-order valence-electron chi connectivity index (χ1n) is 5.56. The molecule has 0 unspecified atom stereocenters. The first kappa shape index (κ1) is 16.6. The van der Waals surface area contributed by atoms with Crippen molar-refractivity contribution in [2.24, 2.45) is 11.6 Å². The molecule has 0 aliphatic rings. The predicted octanol–water partition coefficient (Wildman–Crippen LogP) is -1.17. The third-order valence-corrected chi connectivity index (χ3v) is 3.82. The minimum Gasteiger partial charge on any atom is -0.352 e. The highest BCUT2D eigenvalue weighted by molar-refractivity contribution is 7.89. The van der Waals surface area contributed by atoms with Crippen LogP contribution in [0.4, 0.5) is 16.2 Å². The third-order valence-electron chi connectivity index (χ3n) is 2.33. The smallest absolute Gasteiger partial charge is 0.312 e. The van der Waals surface area contributed by atoms with E-state index in [2.05, 4.69) is 15.5 Å². The second-order valence-electron chi connectivity index (χ2n) is 3.77.